The number of unbranched alkanes of at least 4 members (excludes halogenated alkanes) is 1. The SMILES string of the molecule is CCCN(CCC)C(=O)CCCCSc1nnc(Cc2ccccc2)n1-c1ccc(OC)cc1. The van der Waals surface area contributed by atoms with Gasteiger partial charge in [-0.2, -0.15) is 0 Å². The first-order valence-electron chi connectivity index (χ1n) is 12.2. The van der Waals surface area contributed by atoms with Crippen molar-refractivity contribution in [1.82, 2.24) is 19.7 Å². The second kappa shape index (κ2) is 13.8. The maximum atomic E-state index is 12.5. The van der Waals surface area contributed by atoms with Gasteiger partial charge in [0.05, 0.1) is 7.11 Å². The van der Waals surface area contributed by atoms with Crippen molar-refractivity contribution in [2.75, 3.05) is 26.0 Å². The number of thioether (sulfide) groups is 1. The van der Waals surface area contributed by atoms with Gasteiger partial charge in [0.25, 0.3) is 0 Å². The molecule has 1 amide bonds. The summed E-state index contributed by atoms with van der Waals surface area (Å²) in [5.74, 6) is 2.90. The Balaban J connectivity index is 1.64. The number of methoxy groups -OCH3 is 1. The highest BCUT2D eigenvalue weighted by atomic mass is 32.2. The third-order valence-electron chi connectivity index (χ3n) is 5.59. The van der Waals surface area contributed by atoms with Gasteiger partial charge >= 0.3 is 0 Å². The summed E-state index contributed by atoms with van der Waals surface area (Å²) in [4.78, 5) is 14.5. The molecular formula is C27H36N4O2S. The molecule has 3 rings (SSSR count). The predicted octanol–water partition coefficient (Wildman–Crippen LogP) is 5.78. The fourth-order valence-electron chi connectivity index (χ4n) is 3.88. The van der Waals surface area contributed by atoms with Gasteiger partial charge in [0.15, 0.2) is 5.16 Å². The lowest BCUT2D eigenvalue weighted by atomic mass is 10.1. The summed E-state index contributed by atoms with van der Waals surface area (Å²) in [5.41, 5.74) is 2.22. The maximum Gasteiger partial charge on any atom is 0.222 e. The average Bonchev–Trinajstić information content (AvgIpc) is 3.26. The van der Waals surface area contributed by atoms with Crippen molar-refractivity contribution in [3.05, 3.63) is 66.0 Å². The van der Waals surface area contributed by atoms with Crippen LogP contribution in [-0.2, 0) is 11.2 Å². The highest BCUT2D eigenvalue weighted by Crippen LogP contribution is 2.26. The van der Waals surface area contributed by atoms with E-state index in [4.69, 9.17) is 4.74 Å². The van der Waals surface area contributed by atoms with Crippen molar-refractivity contribution < 1.29 is 9.53 Å². The van der Waals surface area contributed by atoms with Crippen molar-refractivity contribution in [1.29, 1.82) is 0 Å². The van der Waals surface area contributed by atoms with Gasteiger partial charge < -0.3 is 9.64 Å². The number of hydrogen-bond donors (Lipinski definition) is 0. The van der Waals surface area contributed by atoms with Crippen LogP contribution in [-0.4, -0.2) is 51.5 Å². The molecule has 1 aromatic heterocycles. The molecule has 0 aliphatic rings. The first kappa shape index (κ1) is 25.8. The standard InChI is InChI=1S/C27H36N4O2S/c1-4-18-30(19-5-2)26(32)13-9-10-20-34-27-29-28-25(21-22-11-7-6-8-12-22)31(27)23-14-16-24(33-3)17-15-23/h6-8,11-12,14-17H,4-5,9-10,13,18-21H2,1-3H3. The number of benzene rings is 2. The van der Waals surface area contributed by atoms with Gasteiger partial charge in [-0.1, -0.05) is 55.9 Å². The number of amides is 1. The molecule has 0 spiro atoms. The van der Waals surface area contributed by atoms with E-state index in [2.05, 4.69) is 40.7 Å². The number of carbonyl (C=O) groups excluding carboxylic acids is 1. The number of ether oxygens (including phenoxy) is 1. The van der Waals surface area contributed by atoms with E-state index in [-0.39, 0.29) is 5.91 Å². The fraction of sp³-hybridized carbons (Fsp3) is 0.444. The third kappa shape index (κ3) is 7.35. The zero-order chi connectivity index (χ0) is 24.2. The number of hydrogen-bond acceptors (Lipinski definition) is 5. The van der Waals surface area contributed by atoms with Crippen LogP contribution in [0.25, 0.3) is 5.69 Å². The van der Waals surface area contributed by atoms with Crippen LogP contribution in [0.15, 0.2) is 59.8 Å². The van der Waals surface area contributed by atoms with Crippen LogP contribution in [0.5, 0.6) is 5.75 Å². The van der Waals surface area contributed by atoms with Gasteiger partial charge in [-0.25, -0.2) is 0 Å². The molecule has 0 bridgehead atoms. The van der Waals surface area contributed by atoms with E-state index in [0.29, 0.717) is 12.8 Å². The third-order valence-corrected chi connectivity index (χ3v) is 6.61. The van der Waals surface area contributed by atoms with Gasteiger partial charge in [0.2, 0.25) is 5.91 Å². The largest absolute Gasteiger partial charge is 0.497 e. The smallest absolute Gasteiger partial charge is 0.222 e. The monoisotopic (exact) mass is 480 g/mol. The Labute approximate surface area is 207 Å². The first-order chi connectivity index (χ1) is 16.7. The molecule has 0 saturated heterocycles. The Morgan fingerprint density at radius 1 is 0.971 bits per heavy atom. The topological polar surface area (TPSA) is 60.2 Å². The van der Waals surface area contributed by atoms with Crippen LogP contribution in [0.4, 0.5) is 0 Å². The lowest BCUT2D eigenvalue weighted by Gasteiger charge is -2.21. The number of nitrogens with zero attached hydrogens (tertiary/aromatic N) is 4. The lowest BCUT2D eigenvalue weighted by molar-refractivity contribution is -0.131. The van der Waals surface area contributed by atoms with Crippen molar-refractivity contribution in [3.8, 4) is 11.4 Å². The summed E-state index contributed by atoms with van der Waals surface area (Å²) in [6, 6.07) is 18.3. The van der Waals surface area contributed by atoms with E-state index in [1.54, 1.807) is 18.9 Å². The number of carbonyl (C=O) groups is 1. The molecule has 0 saturated carbocycles. The number of aromatic nitrogens is 3. The van der Waals surface area contributed by atoms with Crippen LogP contribution in [0, 0.1) is 0 Å². The fourth-order valence-corrected chi connectivity index (χ4v) is 4.85. The summed E-state index contributed by atoms with van der Waals surface area (Å²) < 4.78 is 7.46. The van der Waals surface area contributed by atoms with Crippen molar-refractivity contribution in [2.45, 2.75) is 57.5 Å². The van der Waals surface area contributed by atoms with E-state index >= 15 is 0 Å². The van der Waals surface area contributed by atoms with E-state index in [9.17, 15) is 4.79 Å². The molecule has 0 fully saturated rings. The van der Waals surface area contributed by atoms with Crippen molar-refractivity contribution in [2.24, 2.45) is 0 Å². The molecule has 7 heteroatoms. The molecule has 34 heavy (non-hydrogen) atoms. The molecular weight excluding hydrogens is 444 g/mol. The van der Waals surface area contributed by atoms with Crippen LogP contribution >= 0.6 is 11.8 Å². The van der Waals surface area contributed by atoms with Gasteiger partial charge in [-0.3, -0.25) is 9.36 Å². The Hall–Kier alpha value is -2.80. The first-order valence-corrected chi connectivity index (χ1v) is 13.2. The highest BCUT2D eigenvalue weighted by Gasteiger charge is 2.16. The van der Waals surface area contributed by atoms with Crippen LogP contribution in [0.2, 0.25) is 0 Å². The minimum absolute atomic E-state index is 0.278. The molecule has 3 aromatic rings. The van der Waals surface area contributed by atoms with Gasteiger partial charge in [-0.05, 0) is 55.5 Å². The summed E-state index contributed by atoms with van der Waals surface area (Å²) in [6.07, 6.45) is 5.20. The normalized spacial score (nSPS) is 10.9. The Bertz CT molecular complexity index is 999. The summed E-state index contributed by atoms with van der Waals surface area (Å²) in [6.45, 7) is 5.96. The van der Waals surface area contributed by atoms with Crippen LogP contribution < -0.4 is 4.74 Å². The average molecular weight is 481 g/mol. The van der Waals surface area contributed by atoms with Gasteiger partial charge in [-0.15, -0.1) is 10.2 Å². The second-order valence-electron chi connectivity index (χ2n) is 8.28. The van der Waals surface area contributed by atoms with E-state index in [1.807, 2.05) is 47.4 Å². The lowest BCUT2D eigenvalue weighted by Crippen LogP contribution is -2.32. The zero-order valence-electron chi connectivity index (χ0n) is 20.6. The van der Waals surface area contributed by atoms with Gasteiger partial charge in [0.1, 0.15) is 11.6 Å². The Morgan fingerprint density at radius 3 is 2.32 bits per heavy atom. The highest BCUT2D eigenvalue weighted by molar-refractivity contribution is 7.99. The zero-order valence-corrected chi connectivity index (χ0v) is 21.4. The van der Waals surface area contributed by atoms with Crippen LogP contribution in [0.3, 0.4) is 0 Å². The summed E-state index contributed by atoms with van der Waals surface area (Å²) >= 11 is 1.70. The Kier molecular flexibility index (Phi) is 10.5. The second-order valence-corrected chi connectivity index (χ2v) is 9.34. The minimum Gasteiger partial charge on any atom is -0.497 e. The quantitative estimate of drug-likeness (QED) is 0.216. The van der Waals surface area contributed by atoms with E-state index in [1.165, 1.54) is 5.56 Å². The van der Waals surface area contributed by atoms with Crippen molar-refractivity contribution in [3.63, 3.8) is 0 Å². The molecule has 0 atom stereocenters. The summed E-state index contributed by atoms with van der Waals surface area (Å²) in [7, 11) is 1.67. The molecule has 0 N–H and O–H groups in total. The Morgan fingerprint density at radius 2 is 1.68 bits per heavy atom. The molecule has 0 radical (unpaired) electrons. The molecule has 182 valence electrons. The summed E-state index contributed by atoms with van der Waals surface area (Å²) in [5, 5.41) is 9.91. The molecule has 0 aliphatic carbocycles. The molecule has 6 nitrogen and oxygen atoms in total. The van der Waals surface area contributed by atoms with Gasteiger partial charge in [0, 0.05) is 37.4 Å². The van der Waals surface area contributed by atoms with Crippen LogP contribution in [0.1, 0.15) is 57.3 Å². The number of rotatable bonds is 14. The van der Waals surface area contributed by atoms with Crippen molar-refractivity contribution >= 4 is 17.7 Å². The molecule has 0 aliphatic heterocycles. The maximum absolute atomic E-state index is 12.5. The molecule has 1 heterocycles. The molecule has 2 aromatic carbocycles. The van der Waals surface area contributed by atoms with E-state index in [0.717, 1.165) is 66.9 Å². The predicted molar refractivity (Wildman–Crippen MR) is 139 cm³/mol. The minimum atomic E-state index is 0.278. The molecule has 0 unspecified atom stereocenters. The van der Waals surface area contributed by atoms with E-state index < -0.39 is 0 Å².